The molecule has 0 aromatic rings. The van der Waals surface area contributed by atoms with Crippen LogP contribution >= 0.6 is 0 Å². The third-order valence-corrected chi connectivity index (χ3v) is 2.11. The molecule has 2 nitrogen and oxygen atoms in total. The third kappa shape index (κ3) is 6.62. The molecule has 0 aliphatic carbocycles. The summed E-state index contributed by atoms with van der Waals surface area (Å²) in [5.74, 6) is 2.75. The zero-order valence-electron chi connectivity index (χ0n) is 8.97. The van der Waals surface area contributed by atoms with Crippen molar-refractivity contribution >= 4 is 0 Å². The highest BCUT2D eigenvalue weighted by Crippen LogP contribution is 2.03. The van der Waals surface area contributed by atoms with Crippen LogP contribution < -0.4 is 5.32 Å². The molecule has 0 spiro atoms. The van der Waals surface area contributed by atoms with Gasteiger partial charge in [-0.2, -0.15) is 0 Å². The van der Waals surface area contributed by atoms with Gasteiger partial charge in [0.05, 0.1) is 12.1 Å². The lowest BCUT2D eigenvalue weighted by Crippen LogP contribution is -2.29. The summed E-state index contributed by atoms with van der Waals surface area (Å²) in [7, 11) is 1.73. The summed E-state index contributed by atoms with van der Waals surface area (Å²) >= 11 is 0. The van der Waals surface area contributed by atoms with E-state index in [4.69, 9.17) is 11.2 Å². The van der Waals surface area contributed by atoms with Crippen molar-refractivity contribution in [1.82, 2.24) is 5.32 Å². The first-order valence-corrected chi connectivity index (χ1v) is 4.96. The van der Waals surface area contributed by atoms with Crippen LogP contribution in [0.3, 0.4) is 0 Å². The first-order valence-electron chi connectivity index (χ1n) is 4.96. The van der Waals surface area contributed by atoms with E-state index in [1.807, 2.05) is 0 Å². The van der Waals surface area contributed by atoms with E-state index in [2.05, 4.69) is 25.1 Å². The molecule has 0 rings (SSSR count). The largest absolute Gasteiger partial charge is 0.382 e. The summed E-state index contributed by atoms with van der Waals surface area (Å²) in [6, 6.07) is 0.206. The van der Waals surface area contributed by atoms with E-state index in [9.17, 15) is 0 Å². The fraction of sp³-hybridized carbons (Fsp3) is 0.818. The molecule has 0 aromatic heterocycles. The molecule has 0 aliphatic rings. The Labute approximate surface area is 82.1 Å². The molecule has 1 N–H and O–H groups in total. The molecule has 0 saturated heterocycles. The van der Waals surface area contributed by atoms with Gasteiger partial charge in [0.15, 0.2) is 0 Å². The van der Waals surface area contributed by atoms with Gasteiger partial charge in [-0.15, -0.1) is 6.42 Å². The molecule has 0 fully saturated rings. The van der Waals surface area contributed by atoms with E-state index < -0.39 is 0 Å². The summed E-state index contributed by atoms with van der Waals surface area (Å²) in [6.45, 7) is 5.20. The van der Waals surface area contributed by atoms with Gasteiger partial charge in [-0.1, -0.05) is 12.8 Å². The van der Waals surface area contributed by atoms with Crippen LogP contribution in [-0.4, -0.2) is 25.8 Å². The van der Waals surface area contributed by atoms with Gasteiger partial charge in [-0.05, 0) is 32.7 Å². The van der Waals surface area contributed by atoms with Gasteiger partial charge in [0.25, 0.3) is 0 Å². The van der Waals surface area contributed by atoms with E-state index in [0.29, 0.717) is 6.10 Å². The van der Waals surface area contributed by atoms with Crippen molar-refractivity contribution in [2.45, 2.75) is 45.3 Å². The first-order chi connectivity index (χ1) is 6.24. The molecule has 2 atom stereocenters. The highest BCUT2D eigenvalue weighted by atomic mass is 16.5. The molecule has 13 heavy (non-hydrogen) atoms. The Hall–Kier alpha value is -0.520. The molecule has 76 valence electrons. The Morgan fingerprint density at radius 2 is 2.15 bits per heavy atom. The van der Waals surface area contributed by atoms with Crippen molar-refractivity contribution in [1.29, 1.82) is 0 Å². The number of rotatable bonds is 7. The van der Waals surface area contributed by atoms with Crippen LogP contribution in [0.4, 0.5) is 0 Å². The molecule has 0 saturated carbocycles. The monoisotopic (exact) mass is 183 g/mol. The molecular formula is C11H21NO. The van der Waals surface area contributed by atoms with Crippen LogP contribution in [0, 0.1) is 12.3 Å². The van der Waals surface area contributed by atoms with Crippen LogP contribution in [0.25, 0.3) is 0 Å². The van der Waals surface area contributed by atoms with Gasteiger partial charge in [0.1, 0.15) is 0 Å². The van der Waals surface area contributed by atoms with E-state index in [1.54, 1.807) is 7.11 Å². The summed E-state index contributed by atoms with van der Waals surface area (Å²) < 4.78 is 5.15. The summed E-state index contributed by atoms with van der Waals surface area (Å²) in [5.41, 5.74) is 0. The number of hydrogen-bond acceptors (Lipinski definition) is 2. The van der Waals surface area contributed by atoms with Gasteiger partial charge in [0.2, 0.25) is 0 Å². The molecule has 0 amide bonds. The molecule has 0 bridgehead atoms. The maximum Gasteiger partial charge on any atom is 0.0687 e. The van der Waals surface area contributed by atoms with Crippen molar-refractivity contribution in [2.24, 2.45) is 0 Å². The second-order valence-corrected chi connectivity index (χ2v) is 3.30. The molecule has 0 heterocycles. The Morgan fingerprint density at radius 1 is 1.46 bits per heavy atom. The predicted octanol–water partition coefficient (Wildman–Crippen LogP) is 1.80. The second-order valence-electron chi connectivity index (χ2n) is 3.30. The second kappa shape index (κ2) is 8.10. The Kier molecular flexibility index (Phi) is 7.77. The number of terminal acetylenes is 1. The van der Waals surface area contributed by atoms with Crippen molar-refractivity contribution in [3.05, 3.63) is 0 Å². The lowest BCUT2D eigenvalue weighted by atomic mass is 10.1. The lowest BCUT2D eigenvalue weighted by molar-refractivity contribution is 0.107. The van der Waals surface area contributed by atoms with Crippen LogP contribution in [0.1, 0.15) is 33.1 Å². The Balaban J connectivity index is 3.54. The van der Waals surface area contributed by atoms with Crippen molar-refractivity contribution < 1.29 is 4.74 Å². The third-order valence-electron chi connectivity index (χ3n) is 2.11. The van der Waals surface area contributed by atoms with Gasteiger partial charge in [-0.25, -0.2) is 0 Å². The Morgan fingerprint density at radius 3 is 2.62 bits per heavy atom. The normalized spacial score (nSPS) is 14.9. The highest BCUT2D eigenvalue weighted by molar-refractivity contribution is 4.98. The minimum absolute atomic E-state index is 0.206. The van der Waals surface area contributed by atoms with Gasteiger partial charge in [-0.3, -0.25) is 0 Å². The van der Waals surface area contributed by atoms with Crippen molar-refractivity contribution in [3.8, 4) is 12.3 Å². The molecule has 2 unspecified atom stereocenters. The van der Waals surface area contributed by atoms with Crippen molar-refractivity contribution in [2.75, 3.05) is 13.7 Å². The van der Waals surface area contributed by atoms with E-state index in [0.717, 1.165) is 25.8 Å². The average molecular weight is 183 g/mol. The number of nitrogens with one attached hydrogen (secondary N) is 1. The minimum Gasteiger partial charge on any atom is -0.382 e. The van der Waals surface area contributed by atoms with E-state index in [1.165, 1.54) is 0 Å². The predicted molar refractivity (Wildman–Crippen MR) is 56.6 cm³/mol. The van der Waals surface area contributed by atoms with Gasteiger partial charge < -0.3 is 10.1 Å². The first kappa shape index (κ1) is 12.5. The van der Waals surface area contributed by atoms with Crippen LogP contribution in [0.5, 0.6) is 0 Å². The smallest absolute Gasteiger partial charge is 0.0687 e. The zero-order chi connectivity index (χ0) is 10.1. The topological polar surface area (TPSA) is 21.3 Å². The fourth-order valence-corrected chi connectivity index (χ4v) is 1.08. The molecule has 0 aliphatic heterocycles. The summed E-state index contributed by atoms with van der Waals surface area (Å²) in [6.07, 6.45) is 8.82. The van der Waals surface area contributed by atoms with Crippen LogP contribution in [-0.2, 0) is 4.74 Å². The Bertz CT molecular complexity index is 151. The van der Waals surface area contributed by atoms with Crippen LogP contribution in [0.2, 0.25) is 0 Å². The molecule has 2 heteroatoms. The standard InChI is InChI=1S/C11H21NO/c1-5-9-12-11(6-2)8-7-10(3)13-4/h2,10-12H,5,7-9H2,1,3-4H3. The van der Waals surface area contributed by atoms with Crippen LogP contribution in [0.15, 0.2) is 0 Å². The highest BCUT2D eigenvalue weighted by Gasteiger charge is 2.06. The zero-order valence-corrected chi connectivity index (χ0v) is 8.97. The number of ether oxygens (including phenoxy) is 1. The maximum absolute atomic E-state index is 5.39. The van der Waals surface area contributed by atoms with Gasteiger partial charge >= 0.3 is 0 Å². The average Bonchev–Trinajstić information content (AvgIpc) is 2.17. The summed E-state index contributed by atoms with van der Waals surface area (Å²) in [5, 5.41) is 3.31. The van der Waals surface area contributed by atoms with Crippen molar-refractivity contribution in [3.63, 3.8) is 0 Å². The molecule has 0 aromatic carbocycles. The number of methoxy groups -OCH3 is 1. The SMILES string of the molecule is C#CC(CCC(C)OC)NCCC. The molecular weight excluding hydrogens is 162 g/mol. The number of hydrogen-bond donors (Lipinski definition) is 1. The van der Waals surface area contributed by atoms with E-state index in [-0.39, 0.29) is 6.04 Å². The molecule has 0 radical (unpaired) electrons. The lowest BCUT2D eigenvalue weighted by Gasteiger charge is -2.14. The van der Waals surface area contributed by atoms with E-state index >= 15 is 0 Å². The maximum atomic E-state index is 5.39. The summed E-state index contributed by atoms with van der Waals surface area (Å²) in [4.78, 5) is 0. The fourth-order valence-electron chi connectivity index (χ4n) is 1.08. The quantitative estimate of drug-likeness (QED) is 0.608. The van der Waals surface area contributed by atoms with Gasteiger partial charge in [0, 0.05) is 7.11 Å². The minimum atomic E-state index is 0.206.